The van der Waals surface area contributed by atoms with Gasteiger partial charge in [-0.05, 0) is 33.6 Å². The number of hydrogen-bond donors (Lipinski definition) is 5. The van der Waals surface area contributed by atoms with Crippen molar-refractivity contribution in [3.63, 3.8) is 0 Å². The number of carbonyl (C=O) groups is 3. The van der Waals surface area contributed by atoms with Crippen LogP contribution in [-0.4, -0.2) is 109 Å². The Balaban J connectivity index is 5.32. The molecule has 12 heteroatoms. The van der Waals surface area contributed by atoms with Crippen molar-refractivity contribution in [2.75, 3.05) is 59.5 Å². The number of esters is 3. The standard InChI is InChI=1S/C22H40O12/c1-5-7-31-8-6-16(27)9-32-19(30)22(4,14-33-17(28)20(2,10-23)11-24)15-34-18(29)21(3,12-25)13-26/h16,23-27H,5-15H2,1-4H3. The lowest BCUT2D eigenvalue weighted by Crippen LogP contribution is -2.46. The summed E-state index contributed by atoms with van der Waals surface area (Å²) < 4.78 is 20.6. The zero-order valence-electron chi connectivity index (χ0n) is 20.4. The molecule has 0 aliphatic heterocycles. The van der Waals surface area contributed by atoms with Gasteiger partial charge in [0, 0.05) is 13.2 Å². The van der Waals surface area contributed by atoms with Crippen molar-refractivity contribution in [3.05, 3.63) is 0 Å². The van der Waals surface area contributed by atoms with E-state index in [0.29, 0.717) is 6.61 Å². The molecule has 34 heavy (non-hydrogen) atoms. The predicted molar refractivity (Wildman–Crippen MR) is 117 cm³/mol. The number of hydrogen-bond acceptors (Lipinski definition) is 12. The molecule has 12 nitrogen and oxygen atoms in total. The van der Waals surface area contributed by atoms with Crippen molar-refractivity contribution < 1.29 is 58.9 Å². The van der Waals surface area contributed by atoms with E-state index >= 15 is 0 Å². The van der Waals surface area contributed by atoms with Gasteiger partial charge in [-0.3, -0.25) is 14.4 Å². The van der Waals surface area contributed by atoms with Crippen LogP contribution in [0.1, 0.15) is 40.5 Å². The van der Waals surface area contributed by atoms with Crippen molar-refractivity contribution in [2.45, 2.75) is 46.6 Å². The molecule has 200 valence electrons. The van der Waals surface area contributed by atoms with Crippen LogP contribution < -0.4 is 0 Å². The van der Waals surface area contributed by atoms with Gasteiger partial charge in [-0.15, -0.1) is 0 Å². The summed E-state index contributed by atoms with van der Waals surface area (Å²) in [5.41, 5.74) is -4.98. The number of ether oxygens (including phenoxy) is 4. The lowest BCUT2D eigenvalue weighted by Gasteiger charge is -2.31. The van der Waals surface area contributed by atoms with Crippen molar-refractivity contribution >= 4 is 17.9 Å². The summed E-state index contributed by atoms with van der Waals surface area (Å²) in [6, 6.07) is 0. The summed E-state index contributed by atoms with van der Waals surface area (Å²) in [5.74, 6) is -2.94. The summed E-state index contributed by atoms with van der Waals surface area (Å²) in [5, 5.41) is 47.4. The number of carbonyl (C=O) groups excluding carboxylic acids is 3. The van der Waals surface area contributed by atoms with Gasteiger partial charge in [-0.25, -0.2) is 0 Å². The molecule has 0 spiro atoms. The van der Waals surface area contributed by atoms with Gasteiger partial charge in [0.25, 0.3) is 0 Å². The molecule has 0 aromatic heterocycles. The molecule has 0 amide bonds. The fraction of sp³-hybridized carbons (Fsp3) is 0.864. The van der Waals surface area contributed by atoms with Gasteiger partial charge >= 0.3 is 17.9 Å². The SMILES string of the molecule is CCCOCCC(O)COC(=O)C(C)(COC(=O)C(C)(CO)CO)COC(=O)C(C)(CO)CO. The third-order valence-corrected chi connectivity index (χ3v) is 5.27. The summed E-state index contributed by atoms with van der Waals surface area (Å²) >= 11 is 0. The first-order valence-corrected chi connectivity index (χ1v) is 11.1. The average molecular weight is 497 g/mol. The monoisotopic (exact) mass is 496 g/mol. The zero-order valence-corrected chi connectivity index (χ0v) is 20.4. The molecule has 0 fully saturated rings. The van der Waals surface area contributed by atoms with Crippen molar-refractivity contribution in [3.8, 4) is 0 Å². The van der Waals surface area contributed by atoms with Crippen LogP contribution in [0.5, 0.6) is 0 Å². The van der Waals surface area contributed by atoms with Gasteiger partial charge in [-0.2, -0.15) is 0 Å². The summed E-state index contributed by atoms with van der Waals surface area (Å²) in [7, 11) is 0. The zero-order chi connectivity index (χ0) is 26.4. The van der Waals surface area contributed by atoms with Crippen LogP contribution in [0.3, 0.4) is 0 Å². The van der Waals surface area contributed by atoms with E-state index in [4.69, 9.17) is 18.9 Å². The van der Waals surface area contributed by atoms with Gasteiger partial charge in [-0.1, -0.05) is 6.92 Å². The Morgan fingerprint density at radius 2 is 1.12 bits per heavy atom. The lowest BCUT2D eigenvalue weighted by molar-refractivity contribution is -0.180. The number of aliphatic hydroxyl groups is 5. The molecule has 0 bridgehead atoms. The van der Waals surface area contributed by atoms with E-state index in [-0.39, 0.29) is 19.6 Å². The molecule has 0 rings (SSSR count). The van der Waals surface area contributed by atoms with Gasteiger partial charge in [0.1, 0.15) is 36.1 Å². The van der Waals surface area contributed by atoms with Gasteiger partial charge < -0.3 is 44.5 Å². The van der Waals surface area contributed by atoms with Crippen LogP contribution in [-0.2, 0) is 33.3 Å². The van der Waals surface area contributed by atoms with E-state index in [1.807, 2.05) is 6.92 Å². The Morgan fingerprint density at radius 3 is 1.50 bits per heavy atom. The molecule has 0 aromatic rings. The molecule has 5 N–H and O–H groups in total. The third-order valence-electron chi connectivity index (χ3n) is 5.27. The maximum atomic E-state index is 12.8. The molecule has 1 atom stereocenters. The Hall–Kier alpha value is -1.83. The molecule has 0 aliphatic rings. The highest BCUT2D eigenvalue weighted by atomic mass is 16.6. The highest BCUT2D eigenvalue weighted by molar-refractivity contribution is 5.81. The van der Waals surface area contributed by atoms with Crippen molar-refractivity contribution in [1.82, 2.24) is 0 Å². The minimum Gasteiger partial charge on any atom is -0.464 e. The minimum atomic E-state index is -1.73. The number of rotatable bonds is 18. The first-order chi connectivity index (χ1) is 15.9. The van der Waals surface area contributed by atoms with Crippen LogP contribution in [0.4, 0.5) is 0 Å². The van der Waals surface area contributed by atoms with Crippen LogP contribution in [0.15, 0.2) is 0 Å². The highest BCUT2D eigenvalue weighted by Crippen LogP contribution is 2.26. The van der Waals surface area contributed by atoms with E-state index in [0.717, 1.165) is 6.42 Å². The van der Waals surface area contributed by atoms with Gasteiger partial charge in [0.05, 0.1) is 32.5 Å². The van der Waals surface area contributed by atoms with E-state index in [9.17, 15) is 39.9 Å². The fourth-order valence-electron chi connectivity index (χ4n) is 2.21. The smallest absolute Gasteiger partial charge is 0.318 e. The Morgan fingerprint density at radius 1 is 0.706 bits per heavy atom. The predicted octanol–water partition coefficient (Wildman–Crippen LogP) is -1.22. The van der Waals surface area contributed by atoms with E-state index in [1.165, 1.54) is 20.8 Å². The molecule has 0 heterocycles. The van der Waals surface area contributed by atoms with Gasteiger partial charge in [0.2, 0.25) is 0 Å². The molecular formula is C22H40O12. The highest BCUT2D eigenvalue weighted by Gasteiger charge is 2.43. The summed E-state index contributed by atoms with van der Waals surface area (Å²) in [6.45, 7) is 2.02. The minimum absolute atomic E-state index is 0.213. The van der Waals surface area contributed by atoms with E-state index < -0.39 is 79.9 Å². The first kappa shape index (κ1) is 32.2. The van der Waals surface area contributed by atoms with Crippen LogP contribution in [0.2, 0.25) is 0 Å². The van der Waals surface area contributed by atoms with Gasteiger partial charge in [0.15, 0.2) is 0 Å². The van der Waals surface area contributed by atoms with E-state index in [1.54, 1.807) is 0 Å². The largest absolute Gasteiger partial charge is 0.464 e. The Bertz CT molecular complexity index is 593. The Labute approximate surface area is 199 Å². The molecule has 0 saturated carbocycles. The second-order valence-corrected chi connectivity index (χ2v) is 9.12. The molecular weight excluding hydrogens is 456 g/mol. The molecule has 1 unspecified atom stereocenters. The van der Waals surface area contributed by atoms with Crippen LogP contribution in [0, 0.1) is 16.2 Å². The van der Waals surface area contributed by atoms with E-state index in [2.05, 4.69) is 0 Å². The second kappa shape index (κ2) is 15.2. The maximum Gasteiger partial charge on any atom is 0.318 e. The quantitative estimate of drug-likeness (QED) is 0.0865. The fourth-order valence-corrected chi connectivity index (χ4v) is 2.21. The topological polar surface area (TPSA) is 189 Å². The Kier molecular flexibility index (Phi) is 14.4. The number of aliphatic hydroxyl groups excluding tert-OH is 5. The van der Waals surface area contributed by atoms with Crippen molar-refractivity contribution in [1.29, 1.82) is 0 Å². The molecule has 0 aromatic carbocycles. The summed E-state index contributed by atoms with van der Waals surface area (Å²) in [4.78, 5) is 37.4. The van der Waals surface area contributed by atoms with Crippen LogP contribution >= 0.6 is 0 Å². The second-order valence-electron chi connectivity index (χ2n) is 9.12. The summed E-state index contributed by atoms with van der Waals surface area (Å²) in [6.07, 6.45) is 0.0114. The molecule has 0 aliphatic carbocycles. The average Bonchev–Trinajstić information content (AvgIpc) is 2.85. The molecule has 0 saturated heterocycles. The van der Waals surface area contributed by atoms with Crippen LogP contribution in [0.25, 0.3) is 0 Å². The lowest BCUT2D eigenvalue weighted by atomic mass is 9.90. The normalized spacial score (nSPS) is 13.3. The van der Waals surface area contributed by atoms with Crippen molar-refractivity contribution in [2.24, 2.45) is 16.2 Å². The molecule has 0 radical (unpaired) electrons. The maximum absolute atomic E-state index is 12.8. The first-order valence-electron chi connectivity index (χ1n) is 11.1. The third kappa shape index (κ3) is 9.80.